The van der Waals surface area contributed by atoms with E-state index >= 15 is 0 Å². The van der Waals surface area contributed by atoms with Gasteiger partial charge in [0.25, 0.3) is 0 Å². The normalized spacial score (nSPS) is 18.6. The van der Waals surface area contributed by atoms with E-state index in [4.69, 9.17) is 5.11 Å². The highest BCUT2D eigenvalue weighted by atomic mass is 79.9. The molecule has 4 heteroatoms. The van der Waals surface area contributed by atoms with Gasteiger partial charge in [0.2, 0.25) is 0 Å². The van der Waals surface area contributed by atoms with E-state index in [2.05, 4.69) is 33.4 Å². The fourth-order valence-electron chi connectivity index (χ4n) is 2.08. The smallest absolute Gasteiger partial charge is 0.404 e. The van der Waals surface area contributed by atoms with Crippen LogP contribution in [0.1, 0.15) is 23.5 Å². The van der Waals surface area contributed by atoms with Gasteiger partial charge in [0.15, 0.2) is 0 Å². The summed E-state index contributed by atoms with van der Waals surface area (Å²) in [5.74, 6) is 0.327. The van der Waals surface area contributed by atoms with Crippen LogP contribution in [0.25, 0.3) is 0 Å². The van der Waals surface area contributed by atoms with Crippen LogP contribution in [0, 0.1) is 0 Å². The predicted octanol–water partition coefficient (Wildman–Crippen LogP) is 2.75. The second-order valence-electron chi connectivity index (χ2n) is 3.76. The lowest BCUT2D eigenvalue weighted by molar-refractivity contribution is 0.193. The molecular formula is C11H12BrNO2. The maximum absolute atomic E-state index is 10.4. The summed E-state index contributed by atoms with van der Waals surface area (Å²) >= 11 is 3.44. The summed E-state index contributed by atoms with van der Waals surface area (Å²) in [6.07, 6.45) is 1.14. The molecule has 1 aliphatic carbocycles. The third-order valence-electron chi connectivity index (χ3n) is 2.81. The maximum atomic E-state index is 10.4. The zero-order valence-corrected chi connectivity index (χ0v) is 9.75. The van der Waals surface area contributed by atoms with E-state index in [-0.39, 0.29) is 0 Å². The minimum Gasteiger partial charge on any atom is -0.465 e. The number of rotatable bonds is 2. The van der Waals surface area contributed by atoms with E-state index in [0.29, 0.717) is 12.5 Å². The molecule has 0 saturated carbocycles. The highest BCUT2D eigenvalue weighted by Gasteiger charge is 2.22. The molecule has 2 rings (SSSR count). The summed E-state index contributed by atoms with van der Waals surface area (Å²) < 4.78 is 1.06. The number of hydrogen-bond acceptors (Lipinski definition) is 1. The van der Waals surface area contributed by atoms with Crippen molar-refractivity contribution in [3.8, 4) is 0 Å². The minimum absolute atomic E-state index is 0.327. The Morgan fingerprint density at radius 2 is 2.40 bits per heavy atom. The van der Waals surface area contributed by atoms with Crippen LogP contribution in [-0.4, -0.2) is 17.7 Å². The van der Waals surface area contributed by atoms with Gasteiger partial charge in [0, 0.05) is 16.9 Å². The minimum atomic E-state index is -0.946. The Morgan fingerprint density at radius 1 is 1.60 bits per heavy atom. The van der Waals surface area contributed by atoms with Crippen molar-refractivity contribution in [2.45, 2.75) is 18.8 Å². The number of fused-ring (bicyclic) bond motifs is 1. The van der Waals surface area contributed by atoms with Gasteiger partial charge >= 0.3 is 6.09 Å². The number of carbonyl (C=O) groups is 1. The van der Waals surface area contributed by atoms with Crippen LogP contribution in [0.5, 0.6) is 0 Å². The van der Waals surface area contributed by atoms with Crippen LogP contribution in [0.2, 0.25) is 0 Å². The summed E-state index contributed by atoms with van der Waals surface area (Å²) in [6, 6.07) is 6.24. The lowest BCUT2D eigenvalue weighted by Crippen LogP contribution is -2.25. The van der Waals surface area contributed by atoms with Crippen molar-refractivity contribution in [1.82, 2.24) is 5.32 Å². The number of halogens is 1. The molecule has 1 atom stereocenters. The van der Waals surface area contributed by atoms with Gasteiger partial charge in [0.05, 0.1) is 0 Å². The van der Waals surface area contributed by atoms with Crippen molar-refractivity contribution >= 4 is 22.0 Å². The number of aryl methyl sites for hydroxylation is 1. The Bertz CT molecular complexity index is 392. The molecular weight excluding hydrogens is 258 g/mol. The molecule has 1 aromatic rings. The maximum Gasteiger partial charge on any atom is 0.404 e. The highest BCUT2D eigenvalue weighted by Crippen LogP contribution is 2.34. The lowest BCUT2D eigenvalue weighted by atomic mass is 10.0. The zero-order valence-electron chi connectivity index (χ0n) is 8.16. The van der Waals surface area contributed by atoms with Gasteiger partial charge in [-0.2, -0.15) is 0 Å². The molecule has 0 aliphatic heterocycles. The van der Waals surface area contributed by atoms with Gasteiger partial charge in [-0.3, -0.25) is 0 Å². The van der Waals surface area contributed by atoms with Crippen LogP contribution in [-0.2, 0) is 6.42 Å². The third-order valence-corrected chi connectivity index (χ3v) is 3.30. The van der Waals surface area contributed by atoms with E-state index < -0.39 is 6.09 Å². The average Bonchev–Trinajstić information content (AvgIpc) is 2.57. The van der Waals surface area contributed by atoms with Gasteiger partial charge in [-0.25, -0.2) is 4.79 Å². The molecule has 0 bridgehead atoms. The summed E-state index contributed by atoms with van der Waals surface area (Å²) in [5.41, 5.74) is 2.62. The monoisotopic (exact) mass is 269 g/mol. The van der Waals surface area contributed by atoms with E-state index in [1.54, 1.807) is 0 Å². The van der Waals surface area contributed by atoms with Gasteiger partial charge in [-0.05, 0) is 36.1 Å². The molecule has 0 spiro atoms. The summed E-state index contributed by atoms with van der Waals surface area (Å²) in [6.45, 7) is 0.513. The average molecular weight is 270 g/mol. The Hall–Kier alpha value is -1.03. The SMILES string of the molecule is O=C(O)NCC1CCc2ccc(Br)cc21. The van der Waals surface area contributed by atoms with E-state index in [9.17, 15) is 4.79 Å². The fraction of sp³-hybridized carbons (Fsp3) is 0.364. The Morgan fingerprint density at radius 3 is 3.13 bits per heavy atom. The first-order valence-electron chi connectivity index (χ1n) is 4.92. The Balaban J connectivity index is 2.13. The van der Waals surface area contributed by atoms with Gasteiger partial charge in [-0.15, -0.1) is 0 Å². The molecule has 0 heterocycles. The summed E-state index contributed by atoms with van der Waals surface area (Å²) in [7, 11) is 0. The van der Waals surface area contributed by atoms with Crippen LogP contribution in [0.15, 0.2) is 22.7 Å². The second kappa shape index (κ2) is 4.23. The fourth-order valence-corrected chi connectivity index (χ4v) is 2.46. The molecule has 0 saturated heterocycles. The lowest BCUT2D eigenvalue weighted by Gasteiger charge is -2.11. The summed E-state index contributed by atoms with van der Waals surface area (Å²) in [4.78, 5) is 10.4. The number of hydrogen-bond donors (Lipinski definition) is 2. The Kier molecular flexibility index (Phi) is 2.95. The van der Waals surface area contributed by atoms with E-state index in [1.807, 2.05) is 6.07 Å². The molecule has 1 unspecified atom stereocenters. The van der Waals surface area contributed by atoms with Gasteiger partial charge in [-0.1, -0.05) is 22.0 Å². The third kappa shape index (κ3) is 2.31. The van der Waals surface area contributed by atoms with Gasteiger partial charge in [0.1, 0.15) is 0 Å². The molecule has 15 heavy (non-hydrogen) atoms. The van der Waals surface area contributed by atoms with Crippen LogP contribution >= 0.6 is 15.9 Å². The Labute approximate surface area is 96.6 Å². The first-order chi connectivity index (χ1) is 7.16. The van der Waals surface area contributed by atoms with Crippen molar-refractivity contribution in [3.63, 3.8) is 0 Å². The van der Waals surface area contributed by atoms with Crippen molar-refractivity contribution in [2.24, 2.45) is 0 Å². The van der Waals surface area contributed by atoms with E-state index in [1.165, 1.54) is 11.1 Å². The topological polar surface area (TPSA) is 49.3 Å². The molecule has 1 aromatic carbocycles. The molecule has 3 nitrogen and oxygen atoms in total. The molecule has 2 N–H and O–H groups in total. The standard InChI is InChI=1S/C11H12BrNO2/c12-9-4-3-7-1-2-8(10(7)5-9)6-13-11(14)15/h3-5,8,13H,1-2,6H2,(H,14,15). The molecule has 80 valence electrons. The number of carboxylic acid groups (broad SMARTS) is 1. The largest absolute Gasteiger partial charge is 0.465 e. The number of nitrogens with one attached hydrogen (secondary N) is 1. The number of amides is 1. The molecule has 0 fully saturated rings. The van der Waals surface area contributed by atoms with Crippen molar-refractivity contribution < 1.29 is 9.90 Å². The summed E-state index contributed by atoms with van der Waals surface area (Å²) in [5, 5.41) is 11.0. The van der Waals surface area contributed by atoms with E-state index in [0.717, 1.165) is 17.3 Å². The molecule has 1 amide bonds. The first-order valence-corrected chi connectivity index (χ1v) is 5.71. The highest BCUT2D eigenvalue weighted by molar-refractivity contribution is 9.10. The van der Waals surface area contributed by atoms with Crippen LogP contribution in [0.3, 0.4) is 0 Å². The quantitative estimate of drug-likeness (QED) is 0.868. The van der Waals surface area contributed by atoms with Gasteiger partial charge < -0.3 is 10.4 Å². The second-order valence-corrected chi connectivity index (χ2v) is 4.68. The number of benzene rings is 1. The molecule has 0 radical (unpaired) electrons. The molecule has 0 aromatic heterocycles. The van der Waals surface area contributed by atoms with Crippen molar-refractivity contribution in [3.05, 3.63) is 33.8 Å². The first kappa shape index (κ1) is 10.5. The van der Waals surface area contributed by atoms with Crippen molar-refractivity contribution in [1.29, 1.82) is 0 Å². The van der Waals surface area contributed by atoms with Crippen LogP contribution in [0.4, 0.5) is 4.79 Å². The predicted molar refractivity (Wildman–Crippen MR) is 61.2 cm³/mol. The van der Waals surface area contributed by atoms with Crippen LogP contribution < -0.4 is 5.32 Å². The molecule has 1 aliphatic rings. The zero-order chi connectivity index (χ0) is 10.8. The van der Waals surface area contributed by atoms with Crippen molar-refractivity contribution in [2.75, 3.05) is 6.54 Å².